The summed E-state index contributed by atoms with van der Waals surface area (Å²) < 4.78 is 5.38. The number of rotatable bonds is 1. The van der Waals surface area contributed by atoms with Gasteiger partial charge in [0.1, 0.15) is 34.0 Å². The molecule has 1 aromatic heterocycles. The minimum Gasteiger partial charge on any atom is -0.508 e. The molecule has 0 radical (unpaired) electrons. The van der Waals surface area contributed by atoms with Crippen molar-refractivity contribution in [1.82, 2.24) is 0 Å². The Balaban J connectivity index is 2.40. The summed E-state index contributed by atoms with van der Waals surface area (Å²) in [6, 6.07) is 4.47. The van der Waals surface area contributed by atoms with Crippen molar-refractivity contribution in [3.05, 3.63) is 40.1 Å². The zero-order valence-electron chi connectivity index (χ0n) is 11.9. The smallest absolute Gasteiger partial charge is 0.238 e. The number of benzene rings is 2. The van der Waals surface area contributed by atoms with Crippen LogP contribution in [0.25, 0.3) is 22.3 Å². The lowest BCUT2D eigenvalue weighted by atomic mass is 10.1. The van der Waals surface area contributed by atoms with Crippen LogP contribution in [0.4, 0.5) is 0 Å². The Kier molecular flexibility index (Phi) is 3.07. The summed E-state index contributed by atoms with van der Waals surface area (Å²) in [6.07, 6.45) is 0. The van der Waals surface area contributed by atoms with Crippen LogP contribution in [0.3, 0.4) is 0 Å². The molecule has 0 saturated carbocycles. The van der Waals surface area contributed by atoms with Gasteiger partial charge in [0.15, 0.2) is 5.76 Å². The predicted molar refractivity (Wildman–Crippen MR) is 81.0 cm³/mol. The van der Waals surface area contributed by atoms with Crippen LogP contribution in [0, 0.1) is 6.92 Å². The minimum absolute atomic E-state index is 0.0601. The van der Waals surface area contributed by atoms with Crippen molar-refractivity contribution in [2.24, 2.45) is 0 Å². The molecule has 7 nitrogen and oxygen atoms in total. The molecule has 0 unspecified atom stereocenters. The maximum absolute atomic E-state index is 12.2. The molecule has 0 aliphatic carbocycles. The Morgan fingerprint density at radius 1 is 0.870 bits per heavy atom. The molecule has 0 atom stereocenters. The first kappa shape index (κ1) is 14.6. The van der Waals surface area contributed by atoms with Crippen LogP contribution < -0.4 is 5.43 Å². The Labute approximate surface area is 128 Å². The van der Waals surface area contributed by atoms with Gasteiger partial charge in [-0.1, -0.05) is 0 Å². The van der Waals surface area contributed by atoms with E-state index in [1.165, 1.54) is 19.1 Å². The van der Waals surface area contributed by atoms with E-state index >= 15 is 0 Å². The fraction of sp³-hybridized carbons (Fsp3) is 0.0625. The van der Waals surface area contributed by atoms with Gasteiger partial charge in [-0.25, -0.2) is 0 Å². The molecule has 0 fully saturated rings. The Morgan fingerprint density at radius 2 is 1.48 bits per heavy atom. The van der Waals surface area contributed by atoms with E-state index in [2.05, 4.69) is 0 Å². The fourth-order valence-corrected chi connectivity index (χ4v) is 2.29. The topological polar surface area (TPSA) is 131 Å². The highest BCUT2D eigenvalue weighted by atomic mass is 16.4. The van der Waals surface area contributed by atoms with E-state index in [1.807, 2.05) is 0 Å². The van der Waals surface area contributed by atoms with Crippen molar-refractivity contribution in [2.75, 3.05) is 0 Å². The van der Waals surface area contributed by atoms with E-state index in [1.54, 1.807) is 0 Å². The van der Waals surface area contributed by atoms with Crippen molar-refractivity contribution in [1.29, 1.82) is 0 Å². The van der Waals surface area contributed by atoms with Gasteiger partial charge in [0.25, 0.3) is 0 Å². The quantitative estimate of drug-likeness (QED) is 0.465. The standard InChI is InChI=1S/C16H12O7/c1-6-9(18)2-7(3-10(6)19)16-15(22)14(21)13-11(20)4-8(17)5-12(13)23-16/h2-5,17-20,22H,1H3. The summed E-state index contributed by atoms with van der Waals surface area (Å²) in [5.74, 6) is -2.46. The average Bonchev–Trinajstić information content (AvgIpc) is 2.47. The second kappa shape index (κ2) is 4.84. The van der Waals surface area contributed by atoms with Crippen LogP contribution in [0.1, 0.15) is 5.56 Å². The lowest BCUT2D eigenvalue weighted by molar-refractivity contribution is 0.435. The Bertz CT molecular complexity index is 978. The van der Waals surface area contributed by atoms with Crippen LogP contribution in [0.2, 0.25) is 0 Å². The van der Waals surface area contributed by atoms with E-state index in [0.29, 0.717) is 0 Å². The molecule has 2 aromatic carbocycles. The van der Waals surface area contributed by atoms with Gasteiger partial charge in [-0.05, 0) is 19.1 Å². The van der Waals surface area contributed by atoms with Gasteiger partial charge in [-0.2, -0.15) is 0 Å². The normalized spacial score (nSPS) is 11.0. The third-order valence-electron chi connectivity index (χ3n) is 3.55. The molecule has 0 amide bonds. The monoisotopic (exact) mass is 316 g/mol. The molecule has 3 aromatic rings. The van der Waals surface area contributed by atoms with Crippen LogP contribution in [0.5, 0.6) is 28.7 Å². The molecule has 0 aliphatic rings. The molecule has 0 spiro atoms. The van der Waals surface area contributed by atoms with E-state index in [4.69, 9.17) is 4.42 Å². The van der Waals surface area contributed by atoms with Crippen LogP contribution in [-0.4, -0.2) is 25.5 Å². The van der Waals surface area contributed by atoms with E-state index < -0.39 is 16.9 Å². The maximum atomic E-state index is 12.2. The van der Waals surface area contributed by atoms with E-state index in [-0.39, 0.29) is 45.1 Å². The number of fused-ring (bicyclic) bond motifs is 1. The molecule has 23 heavy (non-hydrogen) atoms. The van der Waals surface area contributed by atoms with Gasteiger partial charge in [-0.3, -0.25) is 4.79 Å². The largest absolute Gasteiger partial charge is 0.508 e. The second-order valence-electron chi connectivity index (χ2n) is 5.09. The number of phenols is 4. The SMILES string of the molecule is Cc1c(O)cc(-c2oc3cc(O)cc(O)c3c(=O)c2O)cc1O. The molecule has 1 heterocycles. The highest BCUT2D eigenvalue weighted by molar-refractivity contribution is 5.88. The van der Waals surface area contributed by atoms with Crippen molar-refractivity contribution in [2.45, 2.75) is 6.92 Å². The fourth-order valence-electron chi connectivity index (χ4n) is 2.29. The zero-order chi connectivity index (χ0) is 16.9. The first-order valence-electron chi connectivity index (χ1n) is 6.54. The molecule has 0 bridgehead atoms. The van der Waals surface area contributed by atoms with E-state index in [9.17, 15) is 30.3 Å². The van der Waals surface area contributed by atoms with Gasteiger partial charge >= 0.3 is 0 Å². The van der Waals surface area contributed by atoms with Crippen LogP contribution >= 0.6 is 0 Å². The van der Waals surface area contributed by atoms with Crippen LogP contribution in [-0.2, 0) is 0 Å². The van der Waals surface area contributed by atoms with Gasteiger partial charge in [0, 0.05) is 23.3 Å². The minimum atomic E-state index is -0.904. The predicted octanol–water partition coefficient (Wildman–Crippen LogP) is 2.30. The van der Waals surface area contributed by atoms with Crippen molar-refractivity contribution >= 4 is 11.0 Å². The molecule has 0 aliphatic heterocycles. The molecule has 118 valence electrons. The Morgan fingerprint density at radius 3 is 2.09 bits per heavy atom. The third kappa shape index (κ3) is 2.18. The summed E-state index contributed by atoms with van der Waals surface area (Å²) in [5.41, 5.74) is -0.769. The summed E-state index contributed by atoms with van der Waals surface area (Å²) in [5, 5.41) is 48.5. The van der Waals surface area contributed by atoms with Crippen molar-refractivity contribution in [3.8, 4) is 40.1 Å². The molecule has 5 N–H and O–H groups in total. The van der Waals surface area contributed by atoms with Crippen molar-refractivity contribution in [3.63, 3.8) is 0 Å². The van der Waals surface area contributed by atoms with Crippen LogP contribution in [0.15, 0.2) is 33.5 Å². The molecular formula is C16H12O7. The highest BCUT2D eigenvalue weighted by Gasteiger charge is 2.20. The van der Waals surface area contributed by atoms with E-state index in [0.717, 1.165) is 12.1 Å². The summed E-state index contributed by atoms with van der Waals surface area (Å²) in [4.78, 5) is 12.2. The Hall–Kier alpha value is -3.35. The second-order valence-corrected chi connectivity index (χ2v) is 5.09. The summed E-state index contributed by atoms with van der Waals surface area (Å²) in [6.45, 7) is 1.49. The molecular weight excluding hydrogens is 304 g/mol. The van der Waals surface area contributed by atoms with Gasteiger partial charge in [-0.15, -0.1) is 0 Å². The molecule has 7 heteroatoms. The lowest BCUT2D eigenvalue weighted by Crippen LogP contribution is -2.03. The number of hydrogen-bond acceptors (Lipinski definition) is 7. The lowest BCUT2D eigenvalue weighted by Gasteiger charge is -2.09. The number of hydrogen-bond donors (Lipinski definition) is 5. The summed E-state index contributed by atoms with van der Waals surface area (Å²) in [7, 11) is 0. The number of phenolic OH excluding ortho intramolecular Hbond substituents is 4. The van der Waals surface area contributed by atoms with Gasteiger partial charge < -0.3 is 29.9 Å². The third-order valence-corrected chi connectivity index (χ3v) is 3.55. The average molecular weight is 316 g/mol. The summed E-state index contributed by atoms with van der Waals surface area (Å²) >= 11 is 0. The molecule has 0 saturated heterocycles. The van der Waals surface area contributed by atoms with Gasteiger partial charge in [0.05, 0.1) is 0 Å². The highest BCUT2D eigenvalue weighted by Crippen LogP contribution is 2.38. The first-order valence-corrected chi connectivity index (χ1v) is 6.54. The number of aromatic hydroxyl groups is 5. The maximum Gasteiger partial charge on any atom is 0.238 e. The zero-order valence-corrected chi connectivity index (χ0v) is 11.9. The molecule has 3 rings (SSSR count). The van der Waals surface area contributed by atoms with Gasteiger partial charge in [0.2, 0.25) is 11.2 Å². The van der Waals surface area contributed by atoms with Crippen molar-refractivity contribution < 1.29 is 29.9 Å². The first-order chi connectivity index (χ1) is 10.8.